The van der Waals surface area contributed by atoms with Crippen LogP contribution in [-0.4, -0.2) is 34.6 Å². The minimum absolute atomic E-state index is 0.0378. The quantitative estimate of drug-likeness (QED) is 0.587. The lowest BCUT2D eigenvalue weighted by molar-refractivity contribution is -0.144. The number of carbonyl (C=O) groups excluding carboxylic acids is 2. The molecule has 1 aromatic rings. The van der Waals surface area contributed by atoms with Crippen molar-refractivity contribution in [3.8, 4) is 0 Å². The van der Waals surface area contributed by atoms with Crippen molar-refractivity contribution in [2.75, 3.05) is 7.11 Å². The predicted molar refractivity (Wildman–Crippen MR) is 76.5 cm³/mol. The van der Waals surface area contributed by atoms with E-state index < -0.39 is 11.6 Å². The Morgan fingerprint density at radius 1 is 1.50 bits per heavy atom. The average Bonchev–Trinajstić information content (AvgIpc) is 2.89. The summed E-state index contributed by atoms with van der Waals surface area (Å²) in [6.07, 6.45) is 0.733. The van der Waals surface area contributed by atoms with Gasteiger partial charge in [0.15, 0.2) is 0 Å². The summed E-state index contributed by atoms with van der Waals surface area (Å²) < 4.78 is 4.46. The maximum absolute atomic E-state index is 11.8. The molecule has 0 saturated carbocycles. The number of carbonyl (C=O) groups is 2. The van der Waals surface area contributed by atoms with E-state index >= 15 is 0 Å². The van der Waals surface area contributed by atoms with Crippen LogP contribution in [0.5, 0.6) is 0 Å². The molecule has 6 heteroatoms. The zero-order valence-corrected chi connectivity index (χ0v) is 12.9. The van der Waals surface area contributed by atoms with Crippen LogP contribution in [0.2, 0.25) is 0 Å². The lowest BCUT2D eigenvalue weighted by atomic mass is 9.81. The van der Waals surface area contributed by atoms with Crippen LogP contribution in [0.25, 0.3) is 0 Å². The molecule has 0 spiro atoms. The lowest BCUT2D eigenvalue weighted by Gasteiger charge is -2.31. The number of hydrogen-bond donors (Lipinski definition) is 1. The summed E-state index contributed by atoms with van der Waals surface area (Å²) in [5.74, 6) is -0.949. The standard InChI is InChI=1S/C14H21NO4S/c1-10(2)14(18,5-4-11-8-20-9-15-11)7-12(16)6-13(17)19-3/h8-10,18H,4-7H2,1-3H3. The first kappa shape index (κ1) is 16.8. The maximum atomic E-state index is 11.8. The highest BCUT2D eigenvalue weighted by molar-refractivity contribution is 7.07. The van der Waals surface area contributed by atoms with Gasteiger partial charge in [-0.25, -0.2) is 4.98 Å². The van der Waals surface area contributed by atoms with Gasteiger partial charge in [-0.3, -0.25) is 9.59 Å². The molecule has 0 aliphatic carbocycles. The van der Waals surface area contributed by atoms with Gasteiger partial charge in [-0.2, -0.15) is 0 Å². The number of thiazole rings is 1. The van der Waals surface area contributed by atoms with Gasteiger partial charge in [0.2, 0.25) is 0 Å². The summed E-state index contributed by atoms with van der Waals surface area (Å²) in [6.45, 7) is 3.74. The Morgan fingerprint density at radius 3 is 2.70 bits per heavy atom. The summed E-state index contributed by atoms with van der Waals surface area (Å²) in [7, 11) is 1.24. The average molecular weight is 299 g/mol. The lowest BCUT2D eigenvalue weighted by Crippen LogP contribution is -2.38. The molecular weight excluding hydrogens is 278 g/mol. The molecule has 0 amide bonds. The number of methoxy groups -OCH3 is 1. The molecule has 1 heterocycles. The first-order chi connectivity index (χ1) is 9.37. The number of ether oxygens (including phenoxy) is 1. The van der Waals surface area contributed by atoms with E-state index in [1.54, 1.807) is 5.51 Å². The first-order valence-corrected chi connectivity index (χ1v) is 7.49. The highest BCUT2D eigenvalue weighted by Gasteiger charge is 2.33. The number of hydrogen-bond acceptors (Lipinski definition) is 6. The van der Waals surface area contributed by atoms with Gasteiger partial charge < -0.3 is 9.84 Å². The fraction of sp³-hybridized carbons (Fsp3) is 0.643. The Balaban J connectivity index is 2.61. The van der Waals surface area contributed by atoms with E-state index in [4.69, 9.17) is 0 Å². The maximum Gasteiger partial charge on any atom is 0.313 e. The van der Waals surface area contributed by atoms with Gasteiger partial charge in [-0.1, -0.05) is 13.8 Å². The number of aliphatic hydroxyl groups is 1. The van der Waals surface area contributed by atoms with Gasteiger partial charge in [0.05, 0.1) is 23.9 Å². The third-order valence-corrected chi connectivity index (χ3v) is 4.08. The molecule has 1 rings (SSSR count). The second-order valence-corrected chi connectivity index (χ2v) is 5.93. The van der Waals surface area contributed by atoms with Crippen LogP contribution in [0.1, 0.15) is 38.8 Å². The first-order valence-electron chi connectivity index (χ1n) is 6.55. The monoisotopic (exact) mass is 299 g/mol. The summed E-state index contributed by atoms with van der Waals surface area (Å²) in [6, 6.07) is 0. The molecule has 1 N–H and O–H groups in total. The van der Waals surface area contributed by atoms with E-state index in [9.17, 15) is 14.7 Å². The Bertz CT molecular complexity index is 444. The topological polar surface area (TPSA) is 76.5 Å². The Hall–Kier alpha value is -1.27. The fourth-order valence-corrected chi connectivity index (χ4v) is 2.52. The van der Waals surface area contributed by atoms with Crippen LogP contribution in [0.4, 0.5) is 0 Å². The van der Waals surface area contributed by atoms with Crippen molar-refractivity contribution < 1.29 is 19.4 Å². The SMILES string of the molecule is COC(=O)CC(=O)CC(O)(CCc1cscn1)C(C)C. The molecule has 5 nitrogen and oxygen atoms in total. The van der Waals surface area contributed by atoms with E-state index in [0.29, 0.717) is 12.8 Å². The molecule has 0 fully saturated rings. The molecular formula is C14H21NO4S. The zero-order valence-electron chi connectivity index (χ0n) is 12.1. The number of esters is 1. The number of rotatable bonds is 8. The summed E-state index contributed by atoms with van der Waals surface area (Å²) in [5.41, 5.74) is 1.54. The Labute approximate surface area is 123 Å². The summed E-state index contributed by atoms with van der Waals surface area (Å²) in [4.78, 5) is 27.1. The molecule has 1 aromatic heterocycles. The Morgan fingerprint density at radius 2 is 2.20 bits per heavy atom. The van der Waals surface area contributed by atoms with Crippen molar-refractivity contribution in [2.45, 2.75) is 45.1 Å². The van der Waals surface area contributed by atoms with Crippen molar-refractivity contribution in [2.24, 2.45) is 5.92 Å². The van der Waals surface area contributed by atoms with Crippen molar-refractivity contribution >= 4 is 23.1 Å². The van der Waals surface area contributed by atoms with Gasteiger partial charge >= 0.3 is 5.97 Å². The smallest absolute Gasteiger partial charge is 0.313 e. The van der Waals surface area contributed by atoms with E-state index in [0.717, 1.165) is 5.69 Å². The molecule has 112 valence electrons. The molecule has 1 unspecified atom stereocenters. The molecule has 1 atom stereocenters. The Kier molecular flexibility index (Phi) is 6.29. The van der Waals surface area contributed by atoms with Crippen molar-refractivity contribution in [3.63, 3.8) is 0 Å². The fourth-order valence-electron chi connectivity index (χ4n) is 1.92. The summed E-state index contributed by atoms with van der Waals surface area (Å²) in [5, 5.41) is 12.6. The van der Waals surface area contributed by atoms with Gasteiger partial charge in [-0.15, -0.1) is 11.3 Å². The molecule has 0 aliphatic rings. The third-order valence-electron chi connectivity index (χ3n) is 3.44. The van der Waals surface area contributed by atoms with Crippen LogP contribution >= 0.6 is 11.3 Å². The van der Waals surface area contributed by atoms with E-state index in [2.05, 4.69) is 9.72 Å². The minimum atomic E-state index is -1.12. The van der Waals surface area contributed by atoms with Crippen LogP contribution in [0.15, 0.2) is 10.9 Å². The van der Waals surface area contributed by atoms with E-state index in [1.807, 2.05) is 19.2 Å². The largest absolute Gasteiger partial charge is 0.469 e. The number of aromatic nitrogens is 1. The van der Waals surface area contributed by atoms with E-state index in [1.165, 1.54) is 18.4 Å². The van der Waals surface area contributed by atoms with Crippen LogP contribution in [0, 0.1) is 5.92 Å². The van der Waals surface area contributed by atoms with Crippen molar-refractivity contribution in [1.82, 2.24) is 4.98 Å². The van der Waals surface area contributed by atoms with Crippen LogP contribution in [0.3, 0.4) is 0 Å². The number of ketones is 1. The van der Waals surface area contributed by atoms with Gasteiger partial charge in [0.1, 0.15) is 12.2 Å². The second-order valence-electron chi connectivity index (χ2n) is 5.21. The molecule has 0 bridgehead atoms. The molecule has 0 saturated heterocycles. The number of aryl methyl sites for hydroxylation is 1. The highest BCUT2D eigenvalue weighted by atomic mass is 32.1. The van der Waals surface area contributed by atoms with Crippen LogP contribution < -0.4 is 0 Å². The minimum Gasteiger partial charge on any atom is -0.469 e. The number of nitrogens with zero attached hydrogens (tertiary/aromatic N) is 1. The molecule has 0 aliphatic heterocycles. The van der Waals surface area contributed by atoms with Gasteiger partial charge in [-0.05, 0) is 18.8 Å². The zero-order chi connectivity index (χ0) is 15.2. The molecule has 0 radical (unpaired) electrons. The van der Waals surface area contributed by atoms with Crippen molar-refractivity contribution in [3.05, 3.63) is 16.6 Å². The van der Waals surface area contributed by atoms with Gasteiger partial charge in [0.25, 0.3) is 0 Å². The summed E-state index contributed by atoms with van der Waals surface area (Å²) >= 11 is 1.50. The third kappa shape index (κ3) is 5.02. The van der Waals surface area contributed by atoms with E-state index in [-0.39, 0.29) is 24.5 Å². The molecule has 0 aromatic carbocycles. The number of Topliss-reactive ketones (excluding diaryl/α,β-unsaturated/α-hetero) is 1. The van der Waals surface area contributed by atoms with Gasteiger partial charge in [0, 0.05) is 11.8 Å². The second kappa shape index (κ2) is 7.50. The highest BCUT2D eigenvalue weighted by Crippen LogP contribution is 2.28. The van der Waals surface area contributed by atoms with Crippen molar-refractivity contribution in [1.29, 1.82) is 0 Å². The normalized spacial score (nSPS) is 14.1. The predicted octanol–water partition coefficient (Wildman–Crippen LogP) is 1.99. The van der Waals surface area contributed by atoms with Crippen LogP contribution in [-0.2, 0) is 20.7 Å². The molecule has 20 heavy (non-hydrogen) atoms.